The van der Waals surface area contributed by atoms with Crippen molar-refractivity contribution in [2.45, 2.75) is 45.1 Å². The molecule has 3 aromatic rings. The highest BCUT2D eigenvalue weighted by atomic mass is 19.1. The lowest BCUT2D eigenvalue weighted by molar-refractivity contribution is 0.0674. The summed E-state index contributed by atoms with van der Waals surface area (Å²) in [4.78, 5) is 27.9. The van der Waals surface area contributed by atoms with Gasteiger partial charge >= 0.3 is 0 Å². The monoisotopic (exact) mass is 437 g/mol. The van der Waals surface area contributed by atoms with Crippen LogP contribution < -0.4 is 5.43 Å². The minimum atomic E-state index is -0.492. The van der Waals surface area contributed by atoms with E-state index in [1.807, 2.05) is 0 Å². The maximum atomic E-state index is 14.4. The van der Waals surface area contributed by atoms with Gasteiger partial charge in [-0.15, -0.1) is 0 Å². The van der Waals surface area contributed by atoms with Crippen LogP contribution in [0.3, 0.4) is 0 Å². The summed E-state index contributed by atoms with van der Waals surface area (Å²) in [6, 6.07) is 13.6. The second-order valence-corrected chi connectivity index (χ2v) is 8.18. The molecule has 0 N–H and O–H groups in total. The van der Waals surface area contributed by atoms with E-state index in [0.717, 1.165) is 31.2 Å². The zero-order valence-electron chi connectivity index (χ0n) is 17.9. The number of halogens is 2. The molecule has 0 atom stereocenters. The molecular formula is C25H25F2N3O2. The molecule has 1 aliphatic rings. The Morgan fingerprint density at radius 1 is 1.09 bits per heavy atom. The average molecular weight is 437 g/mol. The van der Waals surface area contributed by atoms with Gasteiger partial charge in [-0.25, -0.2) is 13.5 Å². The van der Waals surface area contributed by atoms with Crippen LogP contribution in [0.15, 0.2) is 59.4 Å². The minimum Gasteiger partial charge on any atom is -0.334 e. The van der Waals surface area contributed by atoms with E-state index >= 15 is 0 Å². The molecule has 0 radical (unpaired) electrons. The number of amides is 1. The number of carbonyl (C=O) groups excluding carboxylic acids is 1. The third kappa shape index (κ3) is 4.61. The average Bonchev–Trinajstić information content (AvgIpc) is 3.30. The summed E-state index contributed by atoms with van der Waals surface area (Å²) in [5, 5.41) is 4.29. The Morgan fingerprint density at radius 3 is 2.47 bits per heavy atom. The summed E-state index contributed by atoms with van der Waals surface area (Å²) >= 11 is 0. The number of carbonyl (C=O) groups is 1. The number of rotatable bonds is 6. The molecule has 1 saturated carbocycles. The number of benzene rings is 2. The highest BCUT2D eigenvalue weighted by Crippen LogP contribution is 2.25. The fourth-order valence-corrected chi connectivity index (χ4v) is 4.27. The van der Waals surface area contributed by atoms with E-state index in [2.05, 4.69) is 5.10 Å². The van der Waals surface area contributed by atoms with Gasteiger partial charge in [-0.2, -0.15) is 5.10 Å². The summed E-state index contributed by atoms with van der Waals surface area (Å²) in [5.74, 6) is -1.25. The Labute approximate surface area is 185 Å². The van der Waals surface area contributed by atoms with Crippen molar-refractivity contribution in [2.75, 3.05) is 6.54 Å². The van der Waals surface area contributed by atoms with Crippen molar-refractivity contribution in [1.29, 1.82) is 0 Å². The number of nitrogens with zero attached hydrogens (tertiary/aromatic N) is 3. The summed E-state index contributed by atoms with van der Waals surface area (Å²) in [7, 11) is 0. The fraction of sp³-hybridized carbons (Fsp3) is 0.320. The van der Waals surface area contributed by atoms with E-state index < -0.39 is 17.2 Å². The first-order chi connectivity index (χ1) is 15.4. The van der Waals surface area contributed by atoms with E-state index in [9.17, 15) is 18.4 Å². The molecule has 7 heteroatoms. The molecule has 4 rings (SSSR count). The molecule has 1 amide bonds. The zero-order valence-corrected chi connectivity index (χ0v) is 17.9. The molecule has 1 heterocycles. The van der Waals surface area contributed by atoms with Gasteiger partial charge < -0.3 is 4.90 Å². The first kappa shape index (κ1) is 21.9. The van der Waals surface area contributed by atoms with Gasteiger partial charge in [-0.3, -0.25) is 9.59 Å². The van der Waals surface area contributed by atoms with Gasteiger partial charge in [0.2, 0.25) is 5.43 Å². The number of hydrogen-bond donors (Lipinski definition) is 0. The number of aryl methyl sites for hydroxylation is 1. The van der Waals surface area contributed by atoms with Gasteiger partial charge in [0.05, 0.1) is 0 Å². The lowest BCUT2D eigenvalue weighted by Gasteiger charge is -2.29. The Hall–Kier alpha value is -3.35. The summed E-state index contributed by atoms with van der Waals surface area (Å²) in [6.07, 6.45) is 4.30. The van der Waals surface area contributed by atoms with Crippen molar-refractivity contribution in [1.82, 2.24) is 14.7 Å². The molecule has 1 aliphatic carbocycles. The summed E-state index contributed by atoms with van der Waals surface area (Å²) < 4.78 is 28.9. The standard InChI is InChI=1S/C25H25F2N3O2/c1-17-16-23(31)24(28-30(17)22-9-5-4-8-21(22)27)25(32)29(20-6-2-3-7-20)15-14-18-10-12-19(26)13-11-18/h4-5,8-13,16,20H,2-3,6-7,14-15H2,1H3. The number of para-hydroxylation sites is 1. The SMILES string of the molecule is Cc1cc(=O)c(C(=O)N(CCc2ccc(F)cc2)C2CCCC2)nn1-c1ccccc1F. The molecule has 32 heavy (non-hydrogen) atoms. The van der Waals surface area contributed by atoms with Crippen LogP contribution in [0, 0.1) is 18.6 Å². The first-order valence-electron chi connectivity index (χ1n) is 10.9. The van der Waals surface area contributed by atoms with Crippen molar-refractivity contribution in [3.63, 3.8) is 0 Å². The van der Waals surface area contributed by atoms with Crippen molar-refractivity contribution in [3.05, 3.63) is 93.4 Å². The molecule has 5 nitrogen and oxygen atoms in total. The molecule has 0 aliphatic heterocycles. The Balaban J connectivity index is 1.67. The lowest BCUT2D eigenvalue weighted by Crippen LogP contribution is -2.43. The second-order valence-electron chi connectivity index (χ2n) is 8.18. The summed E-state index contributed by atoms with van der Waals surface area (Å²) in [6.45, 7) is 2.04. The van der Waals surface area contributed by atoms with E-state index in [-0.39, 0.29) is 23.2 Å². The topological polar surface area (TPSA) is 55.2 Å². The third-order valence-corrected chi connectivity index (χ3v) is 5.97. The molecule has 0 bridgehead atoms. The van der Waals surface area contributed by atoms with Crippen LogP contribution in [-0.4, -0.2) is 33.2 Å². The van der Waals surface area contributed by atoms with Crippen molar-refractivity contribution < 1.29 is 13.6 Å². The quantitative estimate of drug-likeness (QED) is 0.573. The van der Waals surface area contributed by atoms with E-state index in [1.54, 1.807) is 42.2 Å². The fourth-order valence-electron chi connectivity index (χ4n) is 4.27. The molecule has 0 unspecified atom stereocenters. The first-order valence-corrected chi connectivity index (χ1v) is 10.9. The van der Waals surface area contributed by atoms with Crippen molar-refractivity contribution in [2.24, 2.45) is 0 Å². The Morgan fingerprint density at radius 2 is 1.78 bits per heavy atom. The molecule has 1 fully saturated rings. The molecule has 166 valence electrons. The molecule has 1 aromatic heterocycles. The lowest BCUT2D eigenvalue weighted by atomic mass is 10.1. The maximum Gasteiger partial charge on any atom is 0.278 e. The number of aromatic nitrogens is 2. The van der Waals surface area contributed by atoms with Crippen LogP contribution in [0.2, 0.25) is 0 Å². The normalized spacial score (nSPS) is 14.0. The summed E-state index contributed by atoms with van der Waals surface area (Å²) in [5.41, 5.74) is 0.825. The van der Waals surface area contributed by atoms with Crippen LogP contribution in [0.5, 0.6) is 0 Å². The van der Waals surface area contributed by atoms with Gasteiger partial charge in [-0.1, -0.05) is 37.1 Å². The van der Waals surface area contributed by atoms with Gasteiger partial charge in [0.25, 0.3) is 5.91 Å². The number of hydrogen-bond acceptors (Lipinski definition) is 3. The van der Waals surface area contributed by atoms with Crippen molar-refractivity contribution >= 4 is 5.91 Å². The third-order valence-electron chi connectivity index (χ3n) is 5.97. The predicted molar refractivity (Wildman–Crippen MR) is 118 cm³/mol. The maximum absolute atomic E-state index is 14.4. The van der Waals surface area contributed by atoms with Gasteiger partial charge in [0.1, 0.15) is 17.3 Å². The Bertz CT molecular complexity index is 1170. The molecule has 2 aromatic carbocycles. The molecule has 0 saturated heterocycles. The zero-order chi connectivity index (χ0) is 22.7. The van der Waals surface area contributed by atoms with Crippen LogP contribution >= 0.6 is 0 Å². The minimum absolute atomic E-state index is 0.0207. The van der Waals surface area contributed by atoms with Gasteiger partial charge in [0.15, 0.2) is 5.69 Å². The van der Waals surface area contributed by atoms with Gasteiger partial charge in [-0.05, 0) is 56.0 Å². The van der Waals surface area contributed by atoms with E-state index in [1.165, 1.54) is 28.9 Å². The smallest absolute Gasteiger partial charge is 0.278 e. The molecule has 0 spiro atoms. The van der Waals surface area contributed by atoms with Crippen LogP contribution in [0.4, 0.5) is 8.78 Å². The highest BCUT2D eigenvalue weighted by molar-refractivity contribution is 5.92. The second kappa shape index (κ2) is 9.42. The highest BCUT2D eigenvalue weighted by Gasteiger charge is 2.30. The predicted octanol–water partition coefficient (Wildman–Crippen LogP) is 4.45. The Kier molecular flexibility index (Phi) is 6.44. The van der Waals surface area contributed by atoms with Crippen LogP contribution in [0.25, 0.3) is 5.69 Å². The van der Waals surface area contributed by atoms with E-state index in [0.29, 0.717) is 18.7 Å². The van der Waals surface area contributed by atoms with E-state index in [4.69, 9.17) is 0 Å². The van der Waals surface area contributed by atoms with Crippen LogP contribution in [0.1, 0.15) is 47.4 Å². The largest absolute Gasteiger partial charge is 0.334 e. The molecular weight excluding hydrogens is 412 g/mol. The van der Waals surface area contributed by atoms with Crippen molar-refractivity contribution in [3.8, 4) is 5.69 Å². The van der Waals surface area contributed by atoms with Crippen LogP contribution in [-0.2, 0) is 6.42 Å². The van der Waals surface area contributed by atoms with Gasteiger partial charge in [0, 0.05) is 24.3 Å².